The van der Waals surface area contributed by atoms with Crippen LogP contribution >= 0.6 is 11.6 Å². The molecule has 0 spiro atoms. The van der Waals surface area contributed by atoms with E-state index in [2.05, 4.69) is 4.98 Å². The van der Waals surface area contributed by atoms with Gasteiger partial charge in [-0.05, 0) is 44.5 Å². The molecule has 0 radical (unpaired) electrons. The number of ether oxygens (including phenoxy) is 1. The summed E-state index contributed by atoms with van der Waals surface area (Å²) in [6, 6.07) is 6.96. The summed E-state index contributed by atoms with van der Waals surface area (Å²) in [6.07, 6.45) is 2.81. The van der Waals surface area contributed by atoms with Crippen LogP contribution in [-0.4, -0.2) is 17.9 Å². The summed E-state index contributed by atoms with van der Waals surface area (Å²) in [7, 11) is 1.65. The third-order valence-corrected chi connectivity index (χ3v) is 3.76. The fourth-order valence-electron chi connectivity index (χ4n) is 2.34. The number of benzene rings is 1. The van der Waals surface area contributed by atoms with Gasteiger partial charge in [0.05, 0.1) is 7.11 Å². The number of ketones is 1. The second-order valence-electron chi connectivity index (χ2n) is 4.98. The van der Waals surface area contributed by atoms with E-state index >= 15 is 0 Å². The minimum atomic E-state index is 0.0902. The number of methoxy groups -OCH3 is 1. The quantitative estimate of drug-likeness (QED) is 0.778. The number of pyridine rings is 1. The summed E-state index contributed by atoms with van der Waals surface area (Å²) >= 11 is 5.82. The highest BCUT2D eigenvalue weighted by Gasteiger charge is 2.12. The molecule has 1 heterocycles. The van der Waals surface area contributed by atoms with Crippen molar-refractivity contribution in [3.63, 3.8) is 0 Å². The average Bonchev–Trinajstić information content (AvgIpc) is 2.47. The molecule has 1 aromatic carbocycles. The van der Waals surface area contributed by atoms with E-state index in [9.17, 15) is 4.79 Å². The zero-order chi connectivity index (χ0) is 15.4. The lowest BCUT2D eigenvalue weighted by molar-refractivity contribution is 0.0982. The molecular weight excluding hydrogens is 286 g/mol. The van der Waals surface area contributed by atoms with Gasteiger partial charge in [0.1, 0.15) is 5.75 Å². The predicted octanol–water partition coefficient (Wildman–Crippen LogP) is 4.18. The lowest BCUT2D eigenvalue weighted by Crippen LogP contribution is -2.05. The van der Waals surface area contributed by atoms with Crippen LogP contribution in [0.1, 0.15) is 33.6 Å². The van der Waals surface area contributed by atoms with Gasteiger partial charge in [-0.3, -0.25) is 9.78 Å². The Bertz CT molecular complexity index is 651. The largest absolute Gasteiger partial charge is 0.496 e. The van der Waals surface area contributed by atoms with Crippen LogP contribution in [0.3, 0.4) is 0 Å². The number of nitrogens with zero attached hydrogens (tertiary/aromatic N) is 1. The lowest BCUT2D eigenvalue weighted by Gasteiger charge is -2.12. The Morgan fingerprint density at radius 3 is 2.52 bits per heavy atom. The first-order chi connectivity index (χ1) is 10.0. The second-order valence-corrected chi connectivity index (χ2v) is 5.41. The number of hydrogen-bond donors (Lipinski definition) is 0. The summed E-state index contributed by atoms with van der Waals surface area (Å²) < 4.78 is 5.38. The van der Waals surface area contributed by atoms with Gasteiger partial charge in [0, 0.05) is 40.0 Å². The zero-order valence-electron chi connectivity index (χ0n) is 12.4. The molecule has 0 amide bonds. The van der Waals surface area contributed by atoms with Gasteiger partial charge < -0.3 is 4.74 Å². The zero-order valence-corrected chi connectivity index (χ0v) is 13.2. The number of aryl methyl sites for hydroxylation is 2. The molecular formula is C17H18ClNO2. The van der Waals surface area contributed by atoms with Crippen LogP contribution in [0.2, 0.25) is 5.02 Å². The SMILES string of the molecule is COc1c(C)cnc(CCC(=O)c2ccc(Cl)cc2)c1C. The Kier molecular flexibility index (Phi) is 4.97. The topological polar surface area (TPSA) is 39.2 Å². The third kappa shape index (κ3) is 3.61. The van der Waals surface area contributed by atoms with E-state index in [-0.39, 0.29) is 5.78 Å². The first-order valence-corrected chi connectivity index (χ1v) is 7.18. The molecule has 0 N–H and O–H groups in total. The van der Waals surface area contributed by atoms with Crippen molar-refractivity contribution in [2.24, 2.45) is 0 Å². The van der Waals surface area contributed by atoms with Crippen molar-refractivity contribution in [3.8, 4) is 5.75 Å². The normalized spacial score (nSPS) is 10.5. The molecule has 2 aromatic rings. The molecule has 1 aromatic heterocycles. The molecule has 0 aliphatic carbocycles. The number of Topliss-reactive ketones (excluding diaryl/α,β-unsaturated/α-hetero) is 1. The van der Waals surface area contributed by atoms with Crippen LogP contribution in [0.15, 0.2) is 30.5 Å². The van der Waals surface area contributed by atoms with Crippen LogP contribution in [0.5, 0.6) is 5.75 Å². The minimum Gasteiger partial charge on any atom is -0.496 e. The molecule has 110 valence electrons. The van der Waals surface area contributed by atoms with Crippen molar-refractivity contribution in [3.05, 3.63) is 57.9 Å². The fraction of sp³-hybridized carbons (Fsp3) is 0.294. The number of carbonyl (C=O) groups excluding carboxylic acids is 1. The summed E-state index contributed by atoms with van der Waals surface area (Å²) in [5.74, 6) is 0.936. The molecule has 2 rings (SSSR count). The molecule has 0 fully saturated rings. The Labute approximate surface area is 129 Å². The van der Waals surface area contributed by atoms with Gasteiger partial charge in [-0.15, -0.1) is 0 Å². The Morgan fingerprint density at radius 2 is 1.90 bits per heavy atom. The third-order valence-electron chi connectivity index (χ3n) is 3.50. The molecule has 0 aliphatic rings. The minimum absolute atomic E-state index is 0.0902. The van der Waals surface area contributed by atoms with Gasteiger partial charge in [0.2, 0.25) is 0 Å². The highest BCUT2D eigenvalue weighted by molar-refractivity contribution is 6.30. The highest BCUT2D eigenvalue weighted by atomic mass is 35.5. The molecule has 0 saturated heterocycles. The van der Waals surface area contributed by atoms with E-state index < -0.39 is 0 Å². The Balaban J connectivity index is 2.10. The van der Waals surface area contributed by atoms with Gasteiger partial charge in [0.25, 0.3) is 0 Å². The van der Waals surface area contributed by atoms with Crippen LogP contribution in [0, 0.1) is 13.8 Å². The summed E-state index contributed by atoms with van der Waals surface area (Å²) in [6.45, 7) is 3.93. The molecule has 0 unspecified atom stereocenters. The summed E-state index contributed by atoms with van der Waals surface area (Å²) in [4.78, 5) is 16.6. The Morgan fingerprint density at radius 1 is 1.24 bits per heavy atom. The maximum absolute atomic E-state index is 12.2. The molecule has 0 bridgehead atoms. The first-order valence-electron chi connectivity index (χ1n) is 6.80. The van der Waals surface area contributed by atoms with Crippen LogP contribution in [0.4, 0.5) is 0 Å². The second kappa shape index (κ2) is 6.72. The van der Waals surface area contributed by atoms with Crippen molar-refractivity contribution < 1.29 is 9.53 Å². The van der Waals surface area contributed by atoms with E-state index in [4.69, 9.17) is 16.3 Å². The molecule has 0 aliphatic heterocycles. The summed E-state index contributed by atoms with van der Waals surface area (Å²) in [5.41, 5.74) is 3.58. The molecule has 3 nitrogen and oxygen atoms in total. The molecule has 0 saturated carbocycles. The number of carbonyl (C=O) groups is 1. The van der Waals surface area contributed by atoms with Crippen LogP contribution in [-0.2, 0) is 6.42 Å². The van der Waals surface area contributed by atoms with Crippen molar-refractivity contribution >= 4 is 17.4 Å². The van der Waals surface area contributed by atoms with Crippen molar-refractivity contribution in [1.82, 2.24) is 4.98 Å². The number of aromatic nitrogens is 1. The lowest BCUT2D eigenvalue weighted by atomic mass is 10.0. The molecule has 21 heavy (non-hydrogen) atoms. The van der Waals surface area contributed by atoms with Gasteiger partial charge >= 0.3 is 0 Å². The predicted molar refractivity (Wildman–Crippen MR) is 84.4 cm³/mol. The van der Waals surface area contributed by atoms with Crippen molar-refractivity contribution in [2.45, 2.75) is 26.7 Å². The van der Waals surface area contributed by atoms with Crippen molar-refractivity contribution in [1.29, 1.82) is 0 Å². The maximum Gasteiger partial charge on any atom is 0.163 e. The van der Waals surface area contributed by atoms with Crippen LogP contribution < -0.4 is 4.74 Å². The highest BCUT2D eigenvalue weighted by Crippen LogP contribution is 2.25. The van der Waals surface area contributed by atoms with Gasteiger partial charge in [0.15, 0.2) is 5.78 Å². The standard InChI is InChI=1S/C17H18ClNO2/c1-11-10-19-15(12(2)17(11)21-3)8-9-16(20)13-4-6-14(18)7-5-13/h4-7,10H,8-9H2,1-3H3. The van der Waals surface area contributed by atoms with E-state index in [0.29, 0.717) is 23.4 Å². The molecule has 0 atom stereocenters. The maximum atomic E-state index is 12.2. The van der Waals surface area contributed by atoms with E-state index in [1.807, 2.05) is 13.8 Å². The monoisotopic (exact) mass is 303 g/mol. The number of rotatable bonds is 5. The smallest absolute Gasteiger partial charge is 0.163 e. The average molecular weight is 304 g/mol. The summed E-state index contributed by atoms with van der Waals surface area (Å²) in [5, 5.41) is 0.632. The first kappa shape index (κ1) is 15.5. The number of hydrogen-bond acceptors (Lipinski definition) is 3. The molecule has 4 heteroatoms. The van der Waals surface area contributed by atoms with E-state index in [1.165, 1.54) is 0 Å². The van der Waals surface area contributed by atoms with Gasteiger partial charge in [-0.2, -0.15) is 0 Å². The Hall–Kier alpha value is -1.87. The van der Waals surface area contributed by atoms with Gasteiger partial charge in [-0.1, -0.05) is 11.6 Å². The van der Waals surface area contributed by atoms with Crippen molar-refractivity contribution in [2.75, 3.05) is 7.11 Å². The van der Waals surface area contributed by atoms with E-state index in [0.717, 1.165) is 22.6 Å². The van der Waals surface area contributed by atoms with E-state index in [1.54, 1.807) is 37.6 Å². The van der Waals surface area contributed by atoms with Gasteiger partial charge in [-0.25, -0.2) is 0 Å². The number of halogens is 1. The van der Waals surface area contributed by atoms with Crippen LogP contribution in [0.25, 0.3) is 0 Å². The fourth-order valence-corrected chi connectivity index (χ4v) is 2.46.